The highest BCUT2D eigenvalue weighted by Gasteiger charge is 2.73. The third-order valence-electron chi connectivity index (χ3n) is 28.1. The van der Waals surface area contributed by atoms with Crippen LogP contribution in [-0.4, -0.2) is 360 Å². The fourth-order valence-electron chi connectivity index (χ4n) is 21.2. The number of methoxy groups -OCH3 is 1. The summed E-state index contributed by atoms with van der Waals surface area (Å²) in [5.41, 5.74) is -7.97. The van der Waals surface area contributed by atoms with Crippen molar-refractivity contribution in [3.8, 4) is 0 Å². The third kappa shape index (κ3) is 17.0. The summed E-state index contributed by atoms with van der Waals surface area (Å²) >= 11 is 0. The number of aldehydes is 1. The molecule has 11 aliphatic rings. The van der Waals surface area contributed by atoms with Gasteiger partial charge in [-0.1, -0.05) is 53.2 Å². The molecule has 0 aromatic rings. The van der Waals surface area contributed by atoms with Crippen molar-refractivity contribution in [3.05, 3.63) is 11.6 Å². The topological polar surface area (TPSA) is 591 Å². The Balaban J connectivity index is 0.922. The lowest BCUT2D eigenvalue weighted by Crippen LogP contribution is -2.70. The van der Waals surface area contributed by atoms with E-state index in [9.17, 15) is 101 Å². The SMILES string of the molecule is CCNC(=O)CC(CC(=O)NCC)(OC(=O)C1OC(O[C@H]2CC[C@@]3(C)C(CC[C@]4(C)C3CC=C3C5CC(C)(C)CC[C@]5(C(=O)OC5OC(C)C(O)C(O)C5OC5OC(C)C(O)C(OC)C5OC5OC(CO)C(O)C(O)C5O)[C@H](O)C[C@]34C)[C@]2(C)C=O)C(OC2OC(CO)C(O)C(O)C2O)C(OC2OCC(O)C(O)C2O)C1O)C(=O)NCC. The molecule has 6 saturated heterocycles. The van der Waals surface area contributed by atoms with E-state index in [0.717, 1.165) is 11.9 Å². The maximum absolute atomic E-state index is 16.0. The Morgan fingerprint density at radius 2 is 1.08 bits per heavy atom. The van der Waals surface area contributed by atoms with E-state index in [1.807, 2.05) is 0 Å². The Labute approximate surface area is 677 Å². The summed E-state index contributed by atoms with van der Waals surface area (Å²) in [4.78, 5) is 87.7. The van der Waals surface area contributed by atoms with Gasteiger partial charge in [-0.2, -0.15) is 0 Å². The number of amides is 3. The van der Waals surface area contributed by atoms with Crippen LogP contribution in [0.2, 0.25) is 0 Å². The largest absolute Gasteiger partial charge is 0.446 e. The molecule has 39 nitrogen and oxygen atoms in total. The first-order chi connectivity index (χ1) is 55.0. The summed E-state index contributed by atoms with van der Waals surface area (Å²) in [7, 11) is 1.22. The van der Waals surface area contributed by atoms with E-state index < -0.39 is 303 Å². The molecule has 0 spiro atoms. The van der Waals surface area contributed by atoms with E-state index in [1.54, 1.807) is 20.8 Å². The summed E-state index contributed by atoms with van der Waals surface area (Å²) in [6.45, 7) is 17.1. The van der Waals surface area contributed by atoms with Crippen molar-refractivity contribution >= 4 is 35.9 Å². The van der Waals surface area contributed by atoms with Gasteiger partial charge in [0, 0.05) is 26.7 Å². The number of hydrogen-bond acceptors (Lipinski definition) is 36. The number of ether oxygens (including phenoxy) is 14. The predicted molar refractivity (Wildman–Crippen MR) is 393 cm³/mol. The van der Waals surface area contributed by atoms with Crippen LogP contribution in [0.15, 0.2) is 11.6 Å². The average Bonchev–Trinajstić information content (AvgIpc) is 0.669. The molecule has 117 heavy (non-hydrogen) atoms. The molecule has 6 heterocycles. The van der Waals surface area contributed by atoms with Crippen molar-refractivity contribution in [2.24, 2.45) is 50.2 Å². The van der Waals surface area contributed by atoms with Gasteiger partial charge in [0.1, 0.15) is 128 Å². The number of carbonyl (C=O) groups is 6. The minimum absolute atomic E-state index is 0.00225. The van der Waals surface area contributed by atoms with Crippen LogP contribution in [0.1, 0.15) is 147 Å². The second-order valence-electron chi connectivity index (χ2n) is 35.6. The Bertz CT molecular complexity index is 3470. The third-order valence-corrected chi connectivity index (χ3v) is 28.1. The van der Waals surface area contributed by atoms with Crippen molar-refractivity contribution in [2.75, 3.05) is 46.6 Å². The number of allylic oxidation sites excluding steroid dienone is 2. The van der Waals surface area contributed by atoms with Crippen LogP contribution < -0.4 is 16.0 Å². The number of likely N-dealkylation sites (N-methyl/N-ethyl adjacent to an activating group) is 1. The highest BCUT2D eigenvalue weighted by molar-refractivity contribution is 5.97. The Hall–Kier alpha value is -4.36. The molecule has 0 aromatic heterocycles. The monoisotopic (exact) mass is 1680 g/mol. The van der Waals surface area contributed by atoms with Crippen LogP contribution in [0.25, 0.3) is 0 Å². The van der Waals surface area contributed by atoms with E-state index in [0.29, 0.717) is 32.1 Å². The lowest BCUT2D eigenvalue weighted by molar-refractivity contribution is -0.392. The van der Waals surface area contributed by atoms with Crippen LogP contribution in [0.4, 0.5) is 0 Å². The summed E-state index contributed by atoms with van der Waals surface area (Å²) in [5, 5.41) is 188. The van der Waals surface area contributed by atoms with E-state index >= 15 is 9.59 Å². The van der Waals surface area contributed by atoms with Crippen molar-refractivity contribution in [2.45, 2.75) is 343 Å². The first-order valence-corrected chi connectivity index (χ1v) is 40.9. The van der Waals surface area contributed by atoms with Gasteiger partial charge in [0.25, 0.3) is 5.91 Å². The second-order valence-corrected chi connectivity index (χ2v) is 35.6. The molecule has 39 atom stereocenters. The van der Waals surface area contributed by atoms with Gasteiger partial charge in [-0.3, -0.25) is 19.2 Å². The van der Waals surface area contributed by atoms with Gasteiger partial charge in [0.05, 0.1) is 62.5 Å². The van der Waals surface area contributed by atoms with Crippen molar-refractivity contribution in [3.63, 3.8) is 0 Å². The summed E-state index contributed by atoms with van der Waals surface area (Å²) in [6.07, 6.45) is -53.5. The first kappa shape index (κ1) is 93.3. The zero-order valence-electron chi connectivity index (χ0n) is 68.1. The van der Waals surface area contributed by atoms with Gasteiger partial charge < -0.3 is 169 Å². The molecule has 19 N–H and O–H groups in total. The van der Waals surface area contributed by atoms with Gasteiger partial charge in [-0.25, -0.2) is 4.79 Å². The molecule has 0 aromatic carbocycles. The van der Waals surface area contributed by atoms with Gasteiger partial charge in [0.2, 0.25) is 23.7 Å². The fraction of sp³-hybridized carbons (Fsp3) is 0.897. The summed E-state index contributed by atoms with van der Waals surface area (Å²) < 4.78 is 86.6. The minimum Gasteiger partial charge on any atom is -0.446 e. The van der Waals surface area contributed by atoms with Crippen LogP contribution in [0.5, 0.6) is 0 Å². The van der Waals surface area contributed by atoms with Crippen LogP contribution in [0, 0.1) is 50.2 Å². The molecular formula is C78H125N3O36. The van der Waals surface area contributed by atoms with Gasteiger partial charge >= 0.3 is 11.9 Å². The average molecular weight is 1680 g/mol. The molecule has 4 saturated carbocycles. The molecule has 3 amide bonds. The molecule has 668 valence electrons. The lowest BCUT2D eigenvalue weighted by Gasteiger charge is -2.71. The highest BCUT2D eigenvalue weighted by atomic mass is 16.8. The number of aliphatic hydroxyl groups is 16. The number of carbonyl (C=O) groups excluding carboxylic acids is 6. The van der Waals surface area contributed by atoms with Gasteiger partial charge in [-0.05, 0) is 132 Å². The van der Waals surface area contributed by atoms with E-state index in [2.05, 4.69) is 56.6 Å². The van der Waals surface area contributed by atoms with Crippen molar-refractivity contribution < 1.29 is 177 Å². The zero-order valence-corrected chi connectivity index (χ0v) is 68.1. The second kappa shape index (κ2) is 36.4. The number of esters is 2. The number of rotatable bonds is 26. The Kier molecular flexibility index (Phi) is 29.1. The van der Waals surface area contributed by atoms with Crippen LogP contribution >= 0.6 is 0 Å². The molecule has 32 unspecified atom stereocenters. The van der Waals surface area contributed by atoms with Gasteiger partial charge in [0.15, 0.2) is 43.7 Å². The zero-order chi connectivity index (χ0) is 86.0. The quantitative estimate of drug-likeness (QED) is 0.0166. The molecule has 5 aliphatic carbocycles. The number of fused-ring (bicyclic) bond motifs is 7. The summed E-state index contributed by atoms with van der Waals surface area (Å²) in [5.74, 6) is -7.02. The molecule has 0 radical (unpaired) electrons. The molecule has 0 bridgehead atoms. The van der Waals surface area contributed by atoms with Crippen LogP contribution in [0.3, 0.4) is 0 Å². The number of hydrogen-bond donors (Lipinski definition) is 19. The van der Waals surface area contributed by atoms with Crippen molar-refractivity contribution in [1.82, 2.24) is 16.0 Å². The number of aliphatic hydroxyl groups excluding tert-OH is 16. The smallest absolute Gasteiger partial charge is 0.339 e. The molecule has 10 fully saturated rings. The Morgan fingerprint density at radius 3 is 1.64 bits per heavy atom. The van der Waals surface area contributed by atoms with Gasteiger partial charge in [-0.15, -0.1) is 0 Å². The van der Waals surface area contributed by atoms with Crippen molar-refractivity contribution in [1.29, 1.82) is 0 Å². The molecule has 6 aliphatic heterocycles. The van der Waals surface area contributed by atoms with E-state index in [4.69, 9.17) is 66.3 Å². The summed E-state index contributed by atoms with van der Waals surface area (Å²) in [6, 6.07) is 0. The maximum Gasteiger partial charge on any atom is 0.339 e. The first-order valence-electron chi connectivity index (χ1n) is 40.9. The maximum atomic E-state index is 16.0. The standard InChI is InChI=1S/C78H125N3O36/c1-13-79-43(87)26-77(70(102)81-15-3,27-44(88)80-14-2)117-63(101)59-56(100)58(111-64-53(97)47(91)36(85)30-105-64)62(115-66-55(99)51(95)49(93)38(29-83)109-66)69(112-59)110-42-19-20-73(8)39(74(42,9)31-84)18-21-75(10)40(73)17-16-34-35-24-72(6,7)22-23-78(35,41(86)25-76(34,75)11)71(103)116-67-60(52(96)45(89)32(4)106-67)113-68-61(57(104-12)46(90)33(5)107-68)114-65-54(98)50(94)48(92)37(28-82)108-65/h16,31-33,35-42,45-62,64-69,82-83,85-86,89-100H,13-15,17-30H2,1-12H3,(H,79,87)(H,80,88)(H,81,102)/t32?,33?,35?,36?,37?,38?,39?,40?,41-,42+,45?,46?,47?,48?,49?,50?,51?,52?,53?,54?,55?,56?,57?,58?,59?,60?,61?,62?,64?,65?,66?,67?,68?,69?,73+,74+,75-,76-,78-/m1/s1. The minimum atomic E-state index is -2.69. The highest BCUT2D eigenvalue weighted by Crippen LogP contribution is 2.76. The lowest BCUT2D eigenvalue weighted by atomic mass is 9.33. The predicted octanol–water partition coefficient (Wildman–Crippen LogP) is -5.41. The number of nitrogens with one attached hydrogen (secondary N) is 3. The molecule has 11 rings (SSSR count). The normalized spacial score (nSPS) is 47.9. The molecular weight excluding hydrogens is 1550 g/mol. The van der Waals surface area contributed by atoms with Crippen LogP contribution in [-0.2, 0) is 95.1 Å². The van der Waals surface area contributed by atoms with E-state index in [1.165, 1.54) is 27.9 Å². The van der Waals surface area contributed by atoms with E-state index in [-0.39, 0.29) is 51.2 Å². The molecule has 39 heteroatoms. The fourth-order valence-corrected chi connectivity index (χ4v) is 21.2. The Morgan fingerprint density at radius 1 is 0.538 bits per heavy atom.